The van der Waals surface area contributed by atoms with Crippen LogP contribution in [0.1, 0.15) is 40.0 Å². The van der Waals surface area contributed by atoms with Crippen LogP contribution in [0.2, 0.25) is 0 Å². The molecule has 186 valence electrons. The van der Waals surface area contributed by atoms with Crippen LogP contribution in [0.3, 0.4) is 0 Å². The highest BCUT2D eigenvalue weighted by atomic mass is 19.1. The second-order valence-electron chi connectivity index (χ2n) is 9.10. The van der Waals surface area contributed by atoms with E-state index >= 15 is 0 Å². The zero-order valence-electron chi connectivity index (χ0n) is 19.9. The minimum absolute atomic E-state index is 0.0327. The zero-order valence-corrected chi connectivity index (χ0v) is 19.9. The van der Waals surface area contributed by atoms with E-state index in [9.17, 15) is 19.1 Å². The number of carbonyl (C=O) groups excluding carboxylic acids is 2. The van der Waals surface area contributed by atoms with Crippen LogP contribution in [-0.4, -0.2) is 46.1 Å². The first-order chi connectivity index (χ1) is 17.4. The maximum Gasteiger partial charge on any atom is 0.326 e. The SMILES string of the molecule is Cc1ccc(OCc2ncccc2F)cc1N1Cc2ccc(C(=O)N3CCCC(O)C3)cc2NC1=O. The Kier molecular flexibility index (Phi) is 6.56. The molecular formula is C27H27FN4O4. The molecule has 2 aliphatic heterocycles. The van der Waals surface area contributed by atoms with Crippen LogP contribution >= 0.6 is 0 Å². The molecule has 2 N–H and O–H groups in total. The van der Waals surface area contributed by atoms with Crippen LogP contribution in [0, 0.1) is 12.7 Å². The van der Waals surface area contributed by atoms with Gasteiger partial charge in [-0.25, -0.2) is 9.18 Å². The Labute approximate surface area is 208 Å². The number of pyridine rings is 1. The van der Waals surface area contributed by atoms with Crippen molar-refractivity contribution in [2.45, 2.75) is 39.0 Å². The number of carbonyl (C=O) groups is 2. The summed E-state index contributed by atoms with van der Waals surface area (Å²) in [6.45, 7) is 3.11. The molecule has 36 heavy (non-hydrogen) atoms. The lowest BCUT2D eigenvalue weighted by Gasteiger charge is -2.32. The summed E-state index contributed by atoms with van der Waals surface area (Å²) in [5, 5.41) is 12.8. The molecule has 3 aromatic rings. The molecule has 1 fully saturated rings. The number of aromatic nitrogens is 1. The number of likely N-dealkylation sites (tertiary alicyclic amines) is 1. The molecular weight excluding hydrogens is 463 g/mol. The summed E-state index contributed by atoms with van der Waals surface area (Å²) in [6.07, 6.45) is 2.47. The molecule has 0 saturated carbocycles. The van der Waals surface area contributed by atoms with Gasteiger partial charge in [-0.2, -0.15) is 0 Å². The first-order valence-electron chi connectivity index (χ1n) is 11.9. The van der Waals surface area contributed by atoms with Crippen molar-refractivity contribution >= 4 is 23.3 Å². The van der Waals surface area contributed by atoms with E-state index in [1.807, 2.05) is 19.1 Å². The van der Waals surface area contributed by atoms with Crippen LogP contribution < -0.4 is 15.0 Å². The molecule has 2 aromatic carbocycles. The first-order valence-corrected chi connectivity index (χ1v) is 11.9. The zero-order chi connectivity index (χ0) is 25.2. The van der Waals surface area contributed by atoms with E-state index in [0.29, 0.717) is 48.7 Å². The van der Waals surface area contributed by atoms with Crippen molar-refractivity contribution in [3.63, 3.8) is 0 Å². The number of hydrogen-bond acceptors (Lipinski definition) is 5. The van der Waals surface area contributed by atoms with Crippen molar-refractivity contribution in [1.82, 2.24) is 9.88 Å². The van der Waals surface area contributed by atoms with Crippen LogP contribution in [0.25, 0.3) is 0 Å². The summed E-state index contributed by atoms with van der Waals surface area (Å²) in [5.41, 5.74) is 3.68. The fourth-order valence-corrected chi connectivity index (χ4v) is 4.55. The number of β-amino-alcohol motifs (C(OH)–C–C–N with tert-alkyl or cyclic N) is 1. The lowest BCUT2D eigenvalue weighted by atomic mass is 10.0. The number of piperidine rings is 1. The van der Waals surface area contributed by atoms with Crippen LogP contribution in [-0.2, 0) is 13.2 Å². The van der Waals surface area contributed by atoms with E-state index in [2.05, 4.69) is 10.3 Å². The minimum Gasteiger partial charge on any atom is -0.487 e. The highest BCUT2D eigenvalue weighted by molar-refractivity contribution is 6.06. The molecule has 1 unspecified atom stereocenters. The average molecular weight is 491 g/mol. The number of benzene rings is 2. The van der Waals surface area contributed by atoms with Crippen molar-refractivity contribution in [1.29, 1.82) is 0 Å². The Morgan fingerprint density at radius 1 is 1.25 bits per heavy atom. The maximum absolute atomic E-state index is 13.9. The van der Waals surface area contributed by atoms with Gasteiger partial charge in [-0.15, -0.1) is 0 Å². The largest absolute Gasteiger partial charge is 0.487 e. The second-order valence-corrected chi connectivity index (χ2v) is 9.10. The van der Waals surface area contributed by atoms with Gasteiger partial charge in [0.1, 0.15) is 23.9 Å². The Bertz CT molecular complexity index is 1310. The van der Waals surface area contributed by atoms with Gasteiger partial charge in [0.05, 0.1) is 18.3 Å². The number of amides is 3. The summed E-state index contributed by atoms with van der Waals surface area (Å²) in [6, 6.07) is 13.2. The molecule has 9 heteroatoms. The third kappa shape index (κ3) is 4.87. The Hall–Kier alpha value is -3.98. The fourth-order valence-electron chi connectivity index (χ4n) is 4.55. The van der Waals surface area contributed by atoms with Crippen molar-refractivity contribution in [2.75, 3.05) is 23.3 Å². The van der Waals surface area contributed by atoms with E-state index < -0.39 is 11.9 Å². The number of aryl methyl sites for hydroxylation is 1. The monoisotopic (exact) mass is 490 g/mol. The third-order valence-electron chi connectivity index (χ3n) is 6.54. The number of anilines is 2. The summed E-state index contributed by atoms with van der Waals surface area (Å²) >= 11 is 0. The van der Waals surface area contributed by atoms with Gasteiger partial charge in [-0.1, -0.05) is 12.1 Å². The van der Waals surface area contributed by atoms with Crippen molar-refractivity contribution in [3.8, 4) is 5.75 Å². The number of nitrogens with zero attached hydrogens (tertiary/aromatic N) is 3. The molecule has 0 aliphatic carbocycles. The van der Waals surface area contributed by atoms with Gasteiger partial charge in [-0.05, 0) is 61.2 Å². The van der Waals surface area contributed by atoms with Gasteiger partial charge >= 0.3 is 6.03 Å². The first kappa shape index (κ1) is 23.7. The van der Waals surface area contributed by atoms with E-state index in [1.54, 1.807) is 34.1 Å². The normalized spacial score (nSPS) is 17.4. The number of aliphatic hydroxyl groups is 1. The lowest BCUT2D eigenvalue weighted by Crippen LogP contribution is -2.42. The Morgan fingerprint density at radius 2 is 2.11 bits per heavy atom. The van der Waals surface area contributed by atoms with Gasteiger partial charge in [-0.3, -0.25) is 14.7 Å². The van der Waals surface area contributed by atoms with Gasteiger partial charge in [0.2, 0.25) is 0 Å². The van der Waals surface area contributed by atoms with E-state index in [-0.39, 0.29) is 24.2 Å². The van der Waals surface area contributed by atoms with Crippen molar-refractivity contribution in [3.05, 3.63) is 82.9 Å². The Balaban J connectivity index is 1.33. The molecule has 8 nitrogen and oxygen atoms in total. The third-order valence-corrected chi connectivity index (χ3v) is 6.54. The summed E-state index contributed by atoms with van der Waals surface area (Å²) in [5.74, 6) is -0.103. The summed E-state index contributed by atoms with van der Waals surface area (Å²) in [7, 11) is 0. The smallest absolute Gasteiger partial charge is 0.326 e. The number of rotatable bonds is 5. The summed E-state index contributed by atoms with van der Waals surface area (Å²) in [4.78, 5) is 33.2. The molecule has 5 rings (SSSR count). The predicted molar refractivity (Wildman–Crippen MR) is 132 cm³/mol. The van der Waals surface area contributed by atoms with Gasteiger partial charge in [0.15, 0.2) is 0 Å². The molecule has 0 spiro atoms. The Morgan fingerprint density at radius 3 is 2.92 bits per heavy atom. The lowest BCUT2D eigenvalue weighted by molar-refractivity contribution is 0.0474. The molecule has 3 amide bonds. The highest BCUT2D eigenvalue weighted by Gasteiger charge is 2.28. The topological polar surface area (TPSA) is 95.0 Å². The quantitative estimate of drug-likeness (QED) is 0.557. The number of urea groups is 1. The number of hydrogen-bond donors (Lipinski definition) is 2. The molecule has 1 atom stereocenters. The van der Waals surface area contributed by atoms with Crippen LogP contribution in [0.15, 0.2) is 54.7 Å². The van der Waals surface area contributed by atoms with Crippen LogP contribution in [0.5, 0.6) is 5.75 Å². The van der Waals surface area contributed by atoms with Crippen molar-refractivity contribution in [2.24, 2.45) is 0 Å². The fraction of sp³-hybridized carbons (Fsp3) is 0.296. The average Bonchev–Trinajstić information content (AvgIpc) is 2.88. The minimum atomic E-state index is -0.500. The molecule has 0 radical (unpaired) electrons. The molecule has 2 aliphatic rings. The van der Waals surface area contributed by atoms with E-state index in [1.165, 1.54) is 18.3 Å². The van der Waals surface area contributed by atoms with E-state index in [0.717, 1.165) is 17.5 Å². The van der Waals surface area contributed by atoms with Gasteiger partial charge in [0, 0.05) is 36.6 Å². The molecule has 1 saturated heterocycles. The van der Waals surface area contributed by atoms with Crippen molar-refractivity contribution < 1.29 is 23.8 Å². The maximum atomic E-state index is 13.9. The predicted octanol–water partition coefficient (Wildman–Crippen LogP) is 4.26. The number of aliphatic hydroxyl groups excluding tert-OH is 1. The van der Waals surface area contributed by atoms with E-state index in [4.69, 9.17) is 4.74 Å². The second kappa shape index (κ2) is 9.94. The number of nitrogens with one attached hydrogen (secondary N) is 1. The number of fused-ring (bicyclic) bond motifs is 1. The van der Waals surface area contributed by atoms with Gasteiger partial charge in [0.25, 0.3) is 5.91 Å². The molecule has 0 bridgehead atoms. The molecule has 3 heterocycles. The molecule has 1 aromatic heterocycles. The summed E-state index contributed by atoms with van der Waals surface area (Å²) < 4.78 is 19.6. The standard InChI is InChI=1S/C27H27FN4O4/c1-17-6-9-21(36-16-24-22(28)5-2-10-29-24)13-25(17)32-14-19-8-7-18(12-23(19)30-27(32)35)26(34)31-11-3-4-20(33)15-31/h2,5-10,12-13,20,33H,3-4,11,14-16H2,1H3,(H,30,35). The van der Waals surface area contributed by atoms with Crippen LogP contribution in [0.4, 0.5) is 20.6 Å². The number of ether oxygens (including phenoxy) is 1. The number of halogens is 1. The van der Waals surface area contributed by atoms with Gasteiger partial charge < -0.3 is 20.1 Å². The highest BCUT2D eigenvalue weighted by Crippen LogP contribution is 2.33.